The van der Waals surface area contributed by atoms with Gasteiger partial charge in [-0.15, -0.1) is 0 Å². The van der Waals surface area contributed by atoms with E-state index in [9.17, 15) is 0 Å². The molecule has 0 heterocycles. The summed E-state index contributed by atoms with van der Waals surface area (Å²) in [5.41, 5.74) is 7.55. The Balaban J connectivity index is 2.25. The van der Waals surface area contributed by atoms with Crippen molar-refractivity contribution < 1.29 is 9.47 Å². The third kappa shape index (κ3) is 2.74. The van der Waals surface area contributed by atoms with Crippen molar-refractivity contribution in [3.63, 3.8) is 0 Å². The molecule has 3 nitrogen and oxygen atoms in total. The molecule has 2 rings (SSSR count). The van der Waals surface area contributed by atoms with E-state index >= 15 is 0 Å². The third-order valence-corrected chi connectivity index (χ3v) is 2.62. The van der Waals surface area contributed by atoms with E-state index in [2.05, 4.69) is 0 Å². The van der Waals surface area contributed by atoms with Gasteiger partial charge in [0.05, 0.1) is 6.61 Å². The van der Waals surface area contributed by atoms with Crippen LogP contribution >= 0.6 is 0 Å². The molecule has 0 spiro atoms. The SMILES string of the molecule is CCOc1ccccc1Oc1ccc(N)c(C)c1. The van der Waals surface area contributed by atoms with Gasteiger partial charge in [0, 0.05) is 5.69 Å². The van der Waals surface area contributed by atoms with Crippen LogP contribution in [0, 0.1) is 6.92 Å². The lowest BCUT2D eigenvalue weighted by atomic mass is 10.2. The van der Waals surface area contributed by atoms with Gasteiger partial charge in [-0.1, -0.05) is 12.1 Å². The van der Waals surface area contributed by atoms with E-state index in [-0.39, 0.29) is 0 Å². The molecule has 2 aromatic carbocycles. The zero-order valence-electron chi connectivity index (χ0n) is 10.6. The van der Waals surface area contributed by atoms with Gasteiger partial charge in [0.25, 0.3) is 0 Å². The Labute approximate surface area is 107 Å². The summed E-state index contributed by atoms with van der Waals surface area (Å²) < 4.78 is 11.3. The molecule has 94 valence electrons. The van der Waals surface area contributed by atoms with Crippen molar-refractivity contribution in [1.29, 1.82) is 0 Å². The van der Waals surface area contributed by atoms with E-state index in [1.807, 2.05) is 56.3 Å². The Morgan fingerprint density at radius 2 is 1.78 bits per heavy atom. The summed E-state index contributed by atoms with van der Waals surface area (Å²) >= 11 is 0. The Hall–Kier alpha value is -2.16. The van der Waals surface area contributed by atoms with Crippen LogP contribution in [0.5, 0.6) is 17.2 Å². The van der Waals surface area contributed by atoms with Crippen LogP contribution in [0.4, 0.5) is 5.69 Å². The lowest BCUT2D eigenvalue weighted by molar-refractivity contribution is 0.321. The average molecular weight is 243 g/mol. The minimum absolute atomic E-state index is 0.612. The Bertz CT molecular complexity index is 538. The molecule has 0 saturated carbocycles. The average Bonchev–Trinajstić information content (AvgIpc) is 2.37. The first-order valence-electron chi connectivity index (χ1n) is 5.96. The summed E-state index contributed by atoms with van der Waals surface area (Å²) in [7, 11) is 0. The van der Waals surface area contributed by atoms with Crippen molar-refractivity contribution in [2.45, 2.75) is 13.8 Å². The second kappa shape index (κ2) is 5.45. The lowest BCUT2D eigenvalue weighted by Crippen LogP contribution is -1.95. The zero-order valence-corrected chi connectivity index (χ0v) is 10.6. The highest BCUT2D eigenvalue weighted by Gasteiger charge is 2.05. The Morgan fingerprint density at radius 1 is 1.06 bits per heavy atom. The van der Waals surface area contributed by atoms with Gasteiger partial charge in [-0.3, -0.25) is 0 Å². The summed E-state index contributed by atoms with van der Waals surface area (Å²) in [5.74, 6) is 2.21. The fraction of sp³-hybridized carbons (Fsp3) is 0.200. The molecule has 0 atom stereocenters. The summed E-state index contributed by atoms with van der Waals surface area (Å²) in [6.45, 7) is 4.52. The van der Waals surface area contributed by atoms with Crippen molar-refractivity contribution in [3.05, 3.63) is 48.0 Å². The number of ether oxygens (including phenoxy) is 2. The molecule has 0 fully saturated rings. The standard InChI is InChI=1S/C15H17NO2/c1-3-17-14-6-4-5-7-15(14)18-12-8-9-13(16)11(2)10-12/h4-10H,3,16H2,1-2H3. The highest BCUT2D eigenvalue weighted by molar-refractivity contribution is 5.51. The maximum absolute atomic E-state index is 5.82. The van der Waals surface area contributed by atoms with E-state index in [1.54, 1.807) is 0 Å². The fourth-order valence-corrected chi connectivity index (χ4v) is 1.65. The molecule has 0 unspecified atom stereocenters. The summed E-state index contributed by atoms with van der Waals surface area (Å²) in [5, 5.41) is 0. The largest absolute Gasteiger partial charge is 0.490 e. The predicted octanol–water partition coefficient (Wildman–Crippen LogP) is 3.77. The number of aryl methyl sites for hydroxylation is 1. The van der Waals surface area contributed by atoms with Crippen LogP contribution < -0.4 is 15.2 Å². The molecular formula is C15H17NO2. The van der Waals surface area contributed by atoms with Crippen LogP contribution in [0.1, 0.15) is 12.5 Å². The van der Waals surface area contributed by atoms with Crippen LogP contribution in [-0.4, -0.2) is 6.61 Å². The van der Waals surface area contributed by atoms with Crippen molar-refractivity contribution in [3.8, 4) is 17.2 Å². The van der Waals surface area contributed by atoms with E-state index in [4.69, 9.17) is 15.2 Å². The van der Waals surface area contributed by atoms with Gasteiger partial charge in [0.1, 0.15) is 5.75 Å². The second-order valence-corrected chi connectivity index (χ2v) is 4.00. The normalized spacial score (nSPS) is 10.1. The lowest BCUT2D eigenvalue weighted by Gasteiger charge is -2.12. The maximum Gasteiger partial charge on any atom is 0.169 e. The number of para-hydroxylation sites is 2. The van der Waals surface area contributed by atoms with Crippen LogP contribution in [0.25, 0.3) is 0 Å². The first-order valence-corrected chi connectivity index (χ1v) is 5.96. The number of nitrogens with two attached hydrogens (primary N) is 1. The van der Waals surface area contributed by atoms with Gasteiger partial charge in [0.2, 0.25) is 0 Å². The minimum Gasteiger partial charge on any atom is -0.490 e. The minimum atomic E-state index is 0.612. The molecule has 2 aromatic rings. The highest BCUT2D eigenvalue weighted by atomic mass is 16.5. The summed E-state index contributed by atoms with van der Waals surface area (Å²) in [6.07, 6.45) is 0. The van der Waals surface area contributed by atoms with Crippen molar-refractivity contribution in [2.24, 2.45) is 0 Å². The smallest absolute Gasteiger partial charge is 0.169 e. The fourth-order valence-electron chi connectivity index (χ4n) is 1.65. The monoisotopic (exact) mass is 243 g/mol. The number of nitrogen functional groups attached to an aromatic ring is 1. The van der Waals surface area contributed by atoms with E-state index in [0.717, 1.165) is 22.7 Å². The molecule has 0 amide bonds. The van der Waals surface area contributed by atoms with Gasteiger partial charge in [-0.05, 0) is 49.7 Å². The topological polar surface area (TPSA) is 44.5 Å². The molecule has 3 heteroatoms. The number of anilines is 1. The third-order valence-electron chi connectivity index (χ3n) is 2.62. The van der Waals surface area contributed by atoms with Crippen molar-refractivity contribution in [2.75, 3.05) is 12.3 Å². The van der Waals surface area contributed by atoms with Gasteiger partial charge in [-0.25, -0.2) is 0 Å². The number of rotatable bonds is 4. The molecule has 0 aliphatic carbocycles. The van der Waals surface area contributed by atoms with E-state index in [1.165, 1.54) is 0 Å². The van der Waals surface area contributed by atoms with Crippen LogP contribution in [0.15, 0.2) is 42.5 Å². The van der Waals surface area contributed by atoms with Crippen LogP contribution in [0.3, 0.4) is 0 Å². The maximum atomic E-state index is 5.82. The number of benzene rings is 2. The number of hydrogen-bond donors (Lipinski definition) is 1. The van der Waals surface area contributed by atoms with E-state index < -0.39 is 0 Å². The quantitative estimate of drug-likeness (QED) is 0.831. The summed E-state index contributed by atoms with van der Waals surface area (Å²) in [6, 6.07) is 13.2. The molecular weight excluding hydrogens is 226 g/mol. The molecule has 0 aliphatic rings. The first-order chi connectivity index (χ1) is 8.70. The molecule has 2 N–H and O–H groups in total. The Kier molecular flexibility index (Phi) is 3.72. The van der Waals surface area contributed by atoms with Gasteiger partial charge in [-0.2, -0.15) is 0 Å². The molecule has 0 aromatic heterocycles. The van der Waals surface area contributed by atoms with Crippen molar-refractivity contribution in [1.82, 2.24) is 0 Å². The number of hydrogen-bond acceptors (Lipinski definition) is 3. The molecule has 0 saturated heterocycles. The van der Waals surface area contributed by atoms with E-state index in [0.29, 0.717) is 12.4 Å². The zero-order chi connectivity index (χ0) is 13.0. The van der Waals surface area contributed by atoms with Crippen LogP contribution in [-0.2, 0) is 0 Å². The van der Waals surface area contributed by atoms with Gasteiger partial charge < -0.3 is 15.2 Å². The Morgan fingerprint density at radius 3 is 2.44 bits per heavy atom. The molecule has 0 radical (unpaired) electrons. The molecule has 18 heavy (non-hydrogen) atoms. The first kappa shape index (κ1) is 12.3. The highest BCUT2D eigenvalue weighted by Crippen LogP contribution is 2.32. The molecule has 0 bridgehead atoms. The van der Waals surface area contributed by atoms with Crippen LogP contribution in [0.2, 0.25) is 0 Å². The van der Waals surface area contributed by atoms with Gasteiger partial charge >= 0.3 is 0 Å². The summed E-state index contributed by atoms with van der Waals surface area (Å²) in [4.78, 5) is 0. The predicted molar refractivity (Wildman–Crippen MR) is 73.3 cm³/mol. The van der Waals surface area contributed by atoms with Crippen molar-refractivity contribution >= 4 is 5.69 Å². The second-order valence-electron chi connectivity index (χ2n) is 4.00. The van der Waals surface area contributed by atoms with Gasteiger partial charge in [0.15, 0.2) is 11.5 Å². The molecule has 0 aliphatic heterocycles.